The number of pyridine rings is 1. The summed E-state index contributed by atoms with van der Waals surface area (Å²) in [6.45, 7) is 0. The van der Waals surface area contributed by atoms with Crippen LogP contribution in [0.25, 0.3) is 32.8 Å². The highest BCUT2D eigenvalue weighted by Crippen LogP contribution is 2.34. The molecular formula is C16H11Cl2N2+. The maximum atomic E-state index is 6.58. The Kier molecular flexibility index (Phi) is 2.47. The number of aromatic nitrogens is 2. The molecule has 0 aliphatic heterocycles. The third-order valence-electron chi connectivity index (χ3n) is 3.81. The Labute approximate surface area is 125 Å². The van der Waals surface area contributed by atoms with Crippen molar-refractivity contribution in [2.75, 3.05) is 0 Å². The highest BCUT2D eigenvalue weighted by Gasteiger charge is 2.21. The summed E-state index contributed by atoms with van der Waals surface area (Å²) in [5.74, 6) is 0. The molecule has 0 spiro atoms. The minimum Gasteiger partial charge on any atom is -0.347 e. The van der Waals surface area contributed by atoms with Gasteiger partial charge in [0.25, 0.3) is 0 Å². The van der Waals surface area contributed by atoms with Gasteiger partial charge in [0.05, 0.1) is 26.3 Å². The van der Waals surface area contributed by atoms with Crippen molar-refractivity contribution in [3.63, 3.8) is 0 Å². The minimum atomic E-state index is 0.707. The molecule has 20 heavy (non-hydrogen) atoms. The summed E-state index contributed by atoms with van der Waals surface area (Å²) < 4.78 is 2.16. The first kappa shape index (κ1) is 12.0. The standard InChI is InChI=1S/C16H10Cl2N2/c1-20-12-8-3-2-5-9(12)13(18)15-16(20)10-6-4-7-11(17)14(10)19-15/h2-8H,1H3/p+1. The molecule has 0 saturated heterocycles. The number of nitrogens with zero attached hydrogens (tertiary/aromatic N) is 1. The maximum Gasteiger partial charge on any atom is 0.240 e. The van der Waals surface area contributed by atoms with Crippen molar-refractivity contribution in [2.24, 2.45) is 7.05 Å². The number of hydrogen-bond acceptors (Lipinski definition) is 0. The second-order valence-electron chi connectivity index (χ2n) is 4.90. The van der Waals surface area contributed by atoms with Gasteiger partial charge in [-0.15, -0.1) is 0 Å². The molecule has 0 aliphatic carbocycles. The van der Waals surface area contributed by atoms with Gasteiger partial charge >= 0.3 is 0 Å². The second kappa shape index (κ2) is 4.11. The normalized spacial score (nSPS) is 11.8. The van der Waals surface area contributed by atoms with Gasteiger partial charge in [-0.05, 0) is 18.2 Å². The van der Waals surface area contributed by atoms with E-state index < -0.39 is 0 Å². The summed E-state index contributed by atoms with van der Waals surface area (Å²) in [4.78, 5) is 3.36. The molecule has 0 saturated carbocycles. The van der Waals surface area contributed by atoms with Crippen LogP contribution in [0.3, 0.4) is 0 Å². The lowest BCUT2D eigenvalue weighted by molar-refractivity contribution is -0.616. The lowest BCUT2D eigenvalue weighted by atomic mass is 10.1. The van der Waals surface area contributed by atoms with E-state index in [1.54, 1.807) is 0 Å². The Bertz CT molecular complexity index is 986. The van der Waals surface area contributed by atoms with Gasteiger partial charge in [0.1, 0.15) is 12.6 Å². The van der Waals surface area contributed by atoms with Gasteiger partial charge in [-0.3, -0.25) is 0 Å². The van der Waals surface area contributed by atoms with Gasteiger partial charge in [0, 0.05) is 6.07 Å². The van der Waals surface area contributed by atoms with E-state index in [1.165, 1.54) is 0 Å². The second-order valence-corrected chi connectivity index (χ2v) is 5.69. The largest absolute Gasteiger partial charge is 0.347 e. The minimum absolute atomic E-state index is 0.707. The van der Waals surface area contributed by atoms with Crippen molar-refractivity contribution >= 4 is 56.0 Å². The van der Waals surface area contributed by atoms with E-state index in [0.29, 0.717) is 5.02 Å². The molecule has 0 atom stereocenters. The van der Waals surface area contributed by atoms with Crippen molar-refractivity contribution < 1.29 is 4.57 Å². The summed E-state index contributed by atoms with van der Waals surface area (Å²) in [6, 6.07) is 14.0. The number of rotatable bonds is 0. The van der Waals surface area contributed by atoms with Crippen LogP contribution in [0.5, 0.6) is 0 Å². The SMILES string of the molecule is C[n+]1c2ccccc2c(Cl)c2[nH]c3c(Cl)cccc3c21. The van der Waals surface area contributed by atoms with Crippen LogP contribution < -0.4 is 4.57 Å². The van der Waals surface area contributed by atoms with Crippen molar-refractivity contribution in [3.8, 4) is 0 Å². The van der Waals surface area contributed by atoms with E-state index in [9.17, 15) is 0 Å². The van der Waals surface area contributed by atoms with E-state index in [4.69, 9.17) is 23.2 Å². The molecule has 0 aliphatic rings. The summed E-state index contributed by atoms with van der Waals surface area (Å²) in [5, 5.41) is 3.56. The summed E-state index contributed by atoms with van der Waals surface area (Å²) in [5.41, 5.74) is 4.03. The van der Waals surface area contributed by atoms with Gasteiger partial charge in [-0.25, -0.2) is 0 Å². The third-order valence-corrected chi connectivity index (χ3v) is 4.52. The summed E-state index contributed by atoms with van der Waals surface area (Å²) in [6.07, 6.45) is 0. The zero-order valence-electron chi connectivity index (χ0n) is 10.7. The van der Waals surface area contributed by atoms with E-state index in [0.717, 1.165) is 37.9 Å². The van der Waals surface area contributed by atoms with E-state index in [2.05, 4.69) is 28.7 Å². The molecular weight excluding hydrogens is 291 g/mol. The molecule has 1 N–H and O–H groups in total. The van der Waals surface area contributed by atoms with E-state index >= 15 is 0 Å². The molecule has 2 aromatic heterocycles. The highest BCUT2D eigenvalue weighted by atomic mass is 35.5. The van der Waals surface area contributed by atoms with Crippen LogP contribution in [0.15, 0.2) is 42.5 Å². The lowest BCUT2D eigenvalue weighted by Crippen LogP contribution is -2.29. The number of hydrogen-bond donors (Lipinski definition) is 1. The number of nitrogens with one attached hydrogen (secondary N) is 1. The van der Waals surface area contributed by atoms with Gasteiger partial charge in [-0.1, -0.05) is 41.4 Å². The first-order valence-electron chi connectivity index (χ1n) is 6.34. The summed E-state index contributed by atoms with van der Waals surface area (Å²) >= 11 is 12.9. The number of fused-ring (bicyclic) bond motifs is 4. The Balaban J connectivity index is 2.39. The number of H-pyrrole nitrogens is 1. The first-order chi connectivity index (χ1) is 9.68. The van der Waals surface area contributed by atoms with Crippen LogP contribution in [0.2, 0.25) is 10.0 Å². The van der Waals surface area contributed by atoms with Crippen molar-refractivity contribution in [1.82, 2.24) is 4.98 Å². The molecule has 0 fully saturated rings. The average Bonchev–Trinajstić information content (AvgIpc) is 2.86. The molecule has 0 radical (unpaired) electrons. The fraction of sp³-hybridized carbons (Fsp3) is 0.0625. The van der Waals surface area contributed by atoms with Crippen LogP contribution in [-0.2, 0) is 7.05 Å². The third kappa shape index (κ3) is 1.43. The molecule has 2 aromatic carbocycles. The Morgan fingerprint density at radius 1 is 0.900 bits per heavy atom. The molecule has 4 aromatic rings. The maximum absolute atomic E-state index is 6.58. The molecule has 0 bridgehead atoms. The fourth-order valence-electron chi connectivity index (χ4n) is 2.88. The van der Waals surface area contributed by atoms with Crippen LogP contribution in [0, 0.1) is 0 Å². The number of para-hydroxylation sites is 2. The van der Waals surface area contributed by atoms with Crippen LogP contribution in [0.4, 0.5) is 0 Å². The Morgan fingerprint density at radius 2 is 1.65 bits per heavy atom. The zero-order valence-corrected chi connectivity index (χ0v) is 12.3. The fourth-order valence-corrected chi connectivity index (χ4v) is 3.40. The van der Waals surface area contributed by atoms with Gasteiger partial charge in [-0.2, -0.15) is 4.57 Å². The zero-order chi connectivity index (χ0) is 13.9. The van der Waals surface area contributed by atoms with E-state index in [-0.39, 0.29) is 0 Å². The van der Waals surface area contributed by atoms with E-state index in [1.807, 2.05) is 30.3 Å². The Morgan fingerprint density at radius 3 is 2.50 bits per heavy atom. The predicted octanol–water partition coefficient (Wildman–Crippen LogP) is 4.61. The smallest absolute Gasteiger partial charge is 0.240 e. The van der Waals surface area contributed by atoms with Gasteiger partial charge < -0.3 is 4.98 Å². The summed E-state index contributed by atoms with van der Waals surface area (Å²) in [7, 11) is 2.05. The predicted molar refractivity (Wildman–Crippen MR) is 84.5 cm³/mol. The number of benzene rings is 2. The highest BCUT2D eigenvalue weighted by molar-refractivity contribution is 6.41. The molecule has 4 heteroatoms. The molecule has 0 unspecified atom stereocenters. The number of halogens is 2. The first-order valence-corrected chi connectivity index (χ1v) is 7.10. The van der Waals surface area contributed by atoms with Gasteiger partial charge in [0.15, 0.2) is 0 Å². The number of aromatic amines is 1. The van der Waals surface area contributed by atoms with Gasteiger partial charge in [0.2, 0.25) is 11.0 Å². The van der Waals surface area contributed by atoms with Crippen LogP contribution in [0.1, 0.15) is 0 Å². The Hall–Kier alpha value is -1.77. The average molecular weight is 302 g/mol. The molecule has 4 rings (SSSR count). The topological polar surface area (TPSA) is 19.7 Å². The van der Waals surface area contributed by atoms with Crippen molar-refractivity contribution in [1.29, 1.82) is 0 Å². The van der Waals surface area contributed by atoms with Crippen LogP contribution >= 0.6 is 23.2 Å². The lowest BCUT2D eigenvalue weighted by Gasteiger charge is -2.01. The monoisotopic (exact) mass is 301 g/mol. The molecule has 98 valence electrons. The number of aryl methyl sites for hydroxylation is 1. The van der Waals surface area contributed by atoms with Crippen molar-refractivity contribution in [2.45, 2.75) is 0 Å². The molecule has 2 heterocycles. The van der Waals surface area contributed by atoms with Crippen molar-refractivity contribution in [3.05, 3.63) is 52.5 Å². The molecule has 0 amide bonds. The molecule has 2 nitrogen and oxygen atoms in total. The quantitative estimate of drug-likeness (QED) is 0.458. The van der Waals surface area contributed by atoms with Crippen LogP contribution in [-0.4, -0.2) is 4.98 Å².